The number of fused-ring (bicyclic) bond motifs is 1. The number of halogens is 1. The molecule has 1 aliphatic heterocycles. The van der Waals surface area contributed by atoms with Crippen LogP contribution in [-0.2, 0) is 6.54 Å². The predicted molar refractivity (Wildman–Crippen MR) is 136 cm³/mol. The number of carboxylic acids is 1. The van der Waals surface area contributed by atoms with Crippen molar-refractivity contribution in [3.63, 3.8) is 0 Å². The van der Waals surface area contributed by atoms with Gasteiger partial charge in [0.1, 0.15) is 11.2 Å². The van der Waals surface area contributed by atoms with E-state index in [2.05, 4.69) is 42.8 Å². The number of aromatic carboxylic acids is 1. The van der Waals surface area contributed by atoms with E-state index in [9.17, 15) is 14.7 Å². The van der Waals surface area contributed by atoms with Gasteiger partial charge in [0.05, 0.1) is 5.39 Å². The SMILES string of the molecule is CCn1cc(C(=O)O)c(=O)c2cnc(N3CCN(C(=S)Nc4ccc(I)cc4)CC3)nc21. The summed E-state index contributed by atoms with van der Waals surface area (Å²) >= 11 is 7.83. The molecular formula is C21H21IN6O3S. The van der Waals surface area contributed by atoms with Gasteiger partial charge < -0.3 is 24.8 Å². The molecule has 3 aromatic rings. The fraction of sp³-hybridized carbons (Fsp3) is 0.286. The molecule has 3 heterocycles. The molecule has 166 valence electrons. The molecule has 1 aliphatic rings. The van der Waals surface area contributed by atoms with E-state index in [4.69, 9.17) is 12.2 Å². The van der Waals surface area contributed by atoms with Gasteiger partial charge in [-0.3, -0.25) is 4.79 Å². The zero-order chi connectivity index (χ0) is 22.8. The van der Waals surface area contributed by atoms with E-state index in [1.165, 1.54) is 12.4 Å². The normalized spacial score (nSPS) is 13.9. The van der Waals surface area contributed by atoms with Crippen molar-refractivity contribution in [2.45, 2.75) is 13.5 Å². The Hall–Kier alpha value is -2.80. The number of nitrogens with zero attached hydrogens (tertiary/aromatic N) is 5. The highest BCUT2D eigenvalue weighted by Crippen LogP contribution is 2.17. The molecule has 9 nitrogen and oxygen atoms in total. The predicted octanol–water partition coefficient (Wildman–Crippen LogP) is 2.63. The van der Waals surface area contributed by atoms with E-state index in [1.807, 2.05) is 36.1 Å². The molecule has 1 fully saturated rings. The van der Waals surface area contributed by atoms with Gasteiger partial charge in [0, 0.05) is 54.4 Å². The van der Waals surface area contributed by atoms with Crippen LogP contribution in [0.4, 0.5) is 11.6 Å². The number of aryl methyl sites for hydroxylation is 1. The molecule has 0 bridgehead atoms. The van der Waals surface area contributed by atoms with Gasteiger partial charge in [0.25, 0.3) is 0 Å². The van der Waals surface area contributed by atoms with Gasteiger partial charge in [0.15, 0.2) is 5.11 Å². The van der Waals surface area contributed by atoms with Gasteiger partial charge >= 0.3 is 5.97 Å². The standard InChI is InChI=1S/C21H21IN6O3S/c1-2-26-12-16(19(30)31)17(29)15-11-23-20(25-18(15)26)27-7-9-28(10-8-27)21(32)24-14-5-3-13(22)4-6-14/h3-6,11-12H,2,7-10H2,1H3,(H,24,32)(H,30,31). The largest absolute Gasteiger partial charge is 0.477 e. The summed E-state index contributed by atoms with van der Waals surface area (Å²) in [6.07, 6.45) is 2.77. The number of benzene rings is 1. The number of hydrogen-bond donors (Lipinski definition) is 2. The summed E-state index contributed by atoms with van der Waals surface area (Å²) in [6, 6.07) is 8.04. The summed E-state index contributed by atoms with van der Waals surface area (Å²) in [5.74, 6) is -0.743. The highest BCUT2D eigenvalue weighted by molar-refractivity contribution is 14.1. The van der Waals surface area contributed by atoms with Gasteiger partial charge in [-0.1, -0.05) is 0 Å². The second kappa shape index (κ2) is 9.36. The number of rotatable bonds is 4. The van der Waals surface area contributed by atoms with Crippen LogP contribution >= 0.6 is 34.8 Å². The van der Waals surface area contributed by atoms with Crippen LogP contribution in [0.5, 0.6) is 0 Å². The Kier molecular flexibility index (Phi) is 6.55. The number of aromatic nitrogens is 3. The van der Waals surface area contributed by atoms with Crippen molar-refractivity contribution >= 4 is 68.6 Å². The van der Waals surface area contributed by atoms with Crippen LogP contribution in [0.25, 0.3) is 11.0 Å². The third-order valence-corrected chi connectivity index (χ3v) is 6.40. The molecule has 1 aromatic carbocycles. The number of anilines is 2. The fourth-order valence-corrected chi connectivity index (χ4v) is 4.21. The van der Waals surface area contributed by atoms with Crippen molar-refractivity contribution in [3.8, 4) is 0 Å². The lowest BCUT2D eigenvalue weighted by molar-refractivity contribution is 0.0695. The first-order chi connectivity index (χ1) is 15.4. The van der Waals surface area contributed by atoms with Gasteiger partial charge in [-0.2, -0.15) is 4.98 Å². The Labute approximate surface area is 203 Å². The molecule has 0 unspecified atom stereocenters. The molecule has 4 rings (SSSR count). The zero-order valence-electron chi connectivity index (χ0n) is 17.3. The number of piperazine rings is 1. The van der Waals surface area contributed by atoms with Crippen molar-refractivity contribution in [2.75, 3.05) is 36.4 Å². The van der Waals surface area contributed by atoms with Crippen LogP contribution in [-0.4, -0.2) is 61.8 Å². The Morgan fingerprint density at radius 1 is 1.22 bits per heavy atom. The van der Waals surface area contributed by atoms with Gasteiger partial charge in [-0.05, 0) is 66.0 Å². The maximum Gasteiger partial charge on any atom is 0.341 e. The van der Waals surface area contributed by atoms with Crippen molar-refractivity contribution in [3.05, 3.63) is 56.0 Å². The van der Waals surface area contributed by atoms with Crippen LogP contribution in [0.1, 0.15) is 17.3 Å². The summed E-state index contributed by atoms with van der Waals surface area (Å²) in [5.41, 5.74) is 0.541. The van der Waals surface area contributed by atoms with Gasteiger partial charge in [-0.15, -0.1) is 0 Å². The van der Waals surface area contributed by atoms with Crippen LogP contribution in [0.15, 0.2) is 41.5 Å². The number of hydrogen-bond acceptors (Lipinski definition) is 6. The molecule has 0 saturated carbocycles. The molecule has 0 spiro atoms. The Balaban J connectivity index is 1.49. The molecular weight excluding hydrogens is 543 g/mol. The molecule has 11 heteroatoms. The average molecular weight is 564 g/mol. The molecule has 0 atom stereocenters. The minimum Gasteiger partial charge on any atom is -0.477 e. The molecule has 0 aliphatic carbocycles. The highest BCUT2D eigenvalue weighted by atomic mass is 127. The van der Waals surface area contributed by atoms with Gasteiger partial charge in [0.2, 0.25) is 11.4 Å². The summed E-state index contributed by atoms with van der Waals surface area (Å²) in [5, 5.41) is 13.4. The van der Waals surface area contributed by atoms with Crippen molar-refractivity contribution in [1.29, 1.82) is 0 Å². The van der Waals surface area contributed by atoms with Crippen LogP contribution in [0.2, 0.25) is 0 Å². The van der Waals surface area contributed by atoms with Gasteiger partial charge in [-0.25, -0.2) is 9.78 Å². The number of nitrogens with one attached hydrogen (secondary N) is 1. The monoisotopic (exact) mass is 564 g/mol. The first kappa shape index (κ1) is 22.4. The lowest BCUT2D eigenvalue weighted by atomic mass is 10.2. The zero-order valence-corrected chi connectivity index (χ0v) is 20.3. The maximum atomic E-state index is 12.5. The summed E-state index contributed by atoms with van der Waals surface area (Å²) < 4.78 is 2.83. The van der Waals surface area contributed by atoms with Crippen LogP contribution in [0, 0.1) is 3.57 Å². The van der Waals surface area contributed by atoms with Crippen molar-refractivity contribution in [1.82, 2.24) is 19.4 Å². The Morgan fingerprint density at radius 2 is 1.91 bits per heavy atom. The highest BCUT2D eigenvalue weighted by Gasteiger charge is 2.22. The number of carboxylic acid groups (broad SMARTS) is 1. The van der Waals surface area contributed by atoms with Crippen molar-refractivity contribution in [2.24, 2.45) is 0 Å². The average Bonchev–Trinajstić information content (AvgIpc) is 2.80. The van der Waals surface area contributed by atoms with E-state index in [1.54, 1.807) is 4.57 Å². The molecule has 32 heavy (non-hydrogen) atoms. The smallest absolute Gasteiger partial charge is 0.341 e. The quantitative estimate of drug-likeness (QED) is 0.366. The van der Waals surface area contributed by atoms with E-state index in [0.29, 0.717) is 49.4 Å². The van der Waals surface area contributed by atoms with Crippen LogP contribution < -0.4 is 15.6 Å². The van der Waals surface area contributed by atoms with Crippen LogP contribution in [0.3, 0.4) is 0 Å². The molecule has 0 amide bonds. The topological polar surface area (TPSA) is 104 Å². The number of carbonyl (C=O) groups is 1. The second-order valence-corrected chi connectivity index (χ2v) is 8.91. The maximum absolute atomic E-state index is 12.5. The first-order valence-electron chi connectivity index (χ1n) is 10.1. The van der Waals surface area contributed by atoms with E-state index in [0.717, 1.165) is 9.26 Å². The summed E-state index contributed by atoms with van der Waals surface area (Å²) in [4.78, 5) is 37.0. The van der Waals surface area contributed by atoms with E-state index in [-0.39, 0.29) is 10.9 Å². The minimum absolute atomic E-state index is 0.206. The van der Waals surface area contributed by atoms with Crippen molar-refractivity contribution < 1.29 is 9.90 Å². The second-order valence-electron chi connectivity index (χ2n) is 7.28. The molecule has 2 N–H and O–H groups in total. The molecule has 0 radical (unpaired) electrons. The lowest BCUT2D eigenvalue weighted by Crippen LogP contribution is -2.50. The summed E-state index contributed by atoms with van der Waals surface area (Å²) in [6.45, 7) is 5.11. The Morgan fingerprint density at radius 3 is 2.53 bits per heavy atom. The third-order valence-electron chi connectivity index (χ3n) is 5.32. The summed E-state index contributed by atoms with van der Waals surface area (Å²) in [7, 11) is 0. The number of pyridine rings is 1. The first-order valence-corrected chi connectivity index (χ1v) is 11.6. The molecule has 1 saturated heterocycles. The molecule has 2 aromatic heterocycles. The lowest BCUT2D eigenvalue weighted by Gasteiger charge is -2.36. The fourth-order valence-electron chi connectivity index (χ4n) is 3.55. The minimum atomic E-state index is -1.26. The Bertz CT molecular complexity index is 1240. The number of thiocarbonyl (C=S) groups is 1. The van der Waals surface area contributed by atoms with E-state index < -0.39 is 11.4 Å². The van der Waals surface area contributed by atoms with E-state index >= 15 is 0 Å². The third kappa shape index (κ3) is 4.53.